The molecule has 0 aliphatic carbocycles. The molecule has 24 heavy (non-hydrogen) atoms. The summed E-state index contributed by atoms with van der Waals surface area (Å²) in [5, 5.41) is 18.3. The van der Waals surface area contributed by atoms with Gasteiger partial charge in [0.2, 0.25) is 5.39 Å². The minimum Gasteiger partial charge on any atom is -0.428 e. The fourth-order valence-electron chi connectivity index (χ4n) is 1.73. The van der Waals surface area contributed by atoms with Crippen molar-refractivity contribution in [2.45, 2.75) is 9.79 Å². The summed E-state index contributed by atoms with van der Waals surface area (Å²) >= 11 is 0. The van der Waals surface area contributed by atoms with Gasteiger partial charge in [-0.3, -0.25) is 10.1 Å². The third-order valence-corrected chi connectivity index (χ3v) is 6.30. The first-order valence-electron chi connectivity index (χ1n) is 6.10. The first-order valence-corrected chi connectivity index (χ1v) is 8.98. The number of sulfonamides is 2. The summed E-state index contributed by atoms with van der Waals surface area (Å²) in [6.07, 6.45) is 0. The van der Waals surface area contributed by atoms with Gasteiger partial charge < -0.3 is 4.13 Å². The van der Waals surface area contributed by atoms with E-state index in [9.17, 15) is 26.9 Å². The number of nitro benzene ring substituents is 1. The van der Waals surface area contributed by atoms with E-state index < -0.39 is 25.0 Å². The van der Waals surface area contributed by atoms with Crippen molar-refractivity contribution in [3.05, 3.63) is 67.7 Å². The molecule has 3 rings (SSSR count). The number of benzene rings is 2. The van der Waals surface area contributed by atoms with Crippen LogP contribution in [0.15, 0.2) is 58.3 Å². The minimum absolute atomic E-state index is 0.0163. The molecule has 0 radical (unpaired) electrons. The fraction of sp³-hybridized carbons (Fsp3) is 0. The smallest absolute Gasteiger partial charge is 0.385 e. The number of hydrogen-bond acceptors (Lipinski definition) is 7. The number of nitro groups is 1. The van der Waals surface area contributed by atoms with Crippen LogP contribution in [0.4, 0.5) is 11.4 Å². The van der Waals surface area contributed by atoms with Crippen LogP contribution in [0.2, 0.25) is 0 Å². The molecule has 0 saturated heterocycles. The Morgan fingerprint density at radius 1 is 0.917 bits per heavy atom. The normalized spacial score (nSPS) is 16.1. The van der Waals surface area contributed by atoms with Gasteiger partial charge in [-0.05, 0) is 12.1 Å². The largest absolute Gasteiger partial charge is 0.428 e. The molecule has 0 atom stereocenters. The van der Waals surface area contributed by atoms with Gasteiger partial charge >= 0.3 is 5.69 Å². The molecular formula is C12H8N4O6S2. The van der Waals surface area contributed by atoms with Gasteiger partial charge in [-0.25, -0.2) is 16.8 Å². The van der Waals surface area contributed by atoms with Crippen molar-refractivity contribution in [1.29, 1.82) is 5.39 Å². The summed E-state index contributed by atoms with van der Waals surface area (Å²) in [5.41, 5.74) is 0.285. The van der Waals surface area contributed by atoms with Gasteiger partial charge in [0.25, 0.3) is 5.69 Å². The maximum atomic E-state index is 11.1. The molecular weight excluding hydrogens is 360 g/mol. The molecule has 0 fully saturated rings. The van der Waals surface area contributed by atoms with Gasteiger partial charge in [0.15, 0.2) is 4.98 Å². The number of fused-ring (bicyclic) bond motifs is 1. The molecule has 0 bridgehead atoms. The summed E-state index contributed by atoms with van der Waals surface area (Å²) in [6, 6.07) is 10.6. The first-order chi connectivity index (χ1) is 11.2. The summed E-state index contributed by atoms with van der Waals surface area (Å²) in [4.78, 5) is 12.0. The highest BCUT2D eigenvalue weighted by Gasteiger charge is 2.26. The van der Waals surface area contributed by atoms with Crippen LogP contribution in [0.5, 0.6) is 0 Å². The summed E-state index contributed by atoms with van der Waals surface area (Å²) in [7, 11) is -7.95. The molecule has 0 N–H and O–H groups in total. The van der Waals surface area contributed by atoms with Crippen LogP contribution in [-0.2, 0) is 20.0 Å². The van der Waals surface area contributed by atoms with Crippen molar-refractivity contribution in [3.63, 3.8) is 0 Å². The third kappa shape index (κ3) is 3.54. The topological polar surface area (TPSA) is 154 Å². The van der Waals surface area contributed by atoms with Crippen molar-refractivity contribution in [3.8, 4) is 0 Å². The lowest BCUT2D eigenvalue weighted by molar-refractivity contribution is -0.384. The number of nitrogens with zero attached hydrogens (tertiary/aromatic N) is 4. The number of diazo groups is 1. The Labute approximate surface area is 136 Å². The number of rotatable bonds is 1. The number of hydrogen-bond donors (Lipinski definition) is 0. The van der Waals surface area contributed by atoms with Gasteiger partial charge in [0, 0.05) is 24.3 Å². The van der Waals surface area contributed by atoms with E-state index in [-0.39, 0.29) is 15.5 Å². The average Bonchev–Trinajstić information content (AvgIpc) is 2.73. The van der Waals surface area contributed by atoms with E-state index in [2.05, 4.69) is 9.10 Å². The van der Waals surface area contributed by atoms with E-state index in [4.69, 9.17) is 5.39 Å². The van der Waals surface area contributed by atoms with Gasteiger partial charge in [0.1, 0.15) is 20.0 Å². The van der Waals surface area contributed by atoms with Gasteiger partial charge in [-0.2, -0.15) is 0 Å². The second-order valence-electron chi connectivity index (χ2n) is 4.34. The summed E-state index contributed by atoms with van der Waals surface area (Å²) in [6.45, 7) is 0. The van der Waals surface area contributed by atoms with Gasteiger partial charge in [-0.15, -0.1) is 0 Å². The van der Waals surface area contributed by atoms with E-state index in [1.54, 1.807) is 0 Å². The van der Waals surface area contributed by atoms with Crippen LogP contribution in [0.25, 0.3) is 9.10 Å². The Bertz CT molecular complexity index is 989. The van der Waals surface area contributed by atoms with Crippen LogP contribution in [0, 0.1) is 15.5 Å². The van der Waals surface area contributed by atoms with Crippen LogP contribution < -0.4 is 0 Å². The lowest BCUT2D eigenvalue weighted by Crippen LogP contribution is -1.92. The lowest BCUT2D eigenvalue weighted by atomic mass is 10.3. The van der Waals surface area contributed by atoms with Crippen LogP contribution >= 0.6 is 0 Å². The Hall–Kier alpha value is -2.88. The Morgan fingerprint density at radius 2 is 1.38 bits per heavy atom. The molecule has 1 aliphatic rings. The molecule has 1 heterocycles. The van der Waals surface area contributed by atoms with E-state index in [0.29, 0.717) is 5.69 Å². The molecule has 0 amide bonds. The van der Waals surface area contributed by atoms with E-state index >= 15 is 0 Å². The molecule has 0 unspecified atom stereocenters. The second-order valence-corrected chi connectivity index (χ2v) is 7.72. The second kappa shape index (κ2) is 6.32. The average molecular weight is 368 g/mol. The quantitative estimate of drug-likeness (QED) is 0.425. The maximum absolute atomic E-state index is 11.1. The van der Waals surface area contributed by atoms with Crippen molar-refractivity contribution in [2.75, 3.05) is 0 Å². The van der Waals surface area contributed by atoms with Gasteiger partial charge in [-0.1, -0.05) is 12.1 Å². The van der Waals surface area contributed by atoms with Crippen molar-refractivity contribution >= 4 is 31.4 Å². The zero-order chi connectivity index (χ0) is 18.0. The molecule has 1 aliphatic heterocycles. The first kappa shape index (κ1) is 17.5. The van der Waals surface area contributed by atoms with E-state index in [1.807, 2.05) is 0 Å². The van der Waals surface area contributed by atoms with Crippen molar-refractivity contribution < 1.29 is 21.8 Å². The highest BCUT2D eigenvalue weighted by Crippen LogP contribution is 2.37. The van der Waals surface area contributed by atoms with Crippen LogP contribution in [0.3, 0.4) is 0 Å². The van der Waals surface area contributed by atoms with E-state index in [1.165, 1.54) is 48.5 Å². The zero-order valence-electron chi connectivity index (χ0n) is 11.7. The van der Waals surface area contributed by atoms with Crippen molar-refractivity contribution in [2.24, 2.45) is 0 Å². The molecule has 0 saturated carbocycles. The van der Waals surface area contributed by atoms with Crippen molar-refractivity contribution in [1.82, 2.24) is 0 Å². The third-order valence-electron chi connectivity index (χ3n) is 2.78. The van der Waals surface area contributed by atoms with Crippen LogP contribution in [-0.4, -0.2) is 21.8 Å². The monoisotopic (exact) mass is 368 g/mol. The summed E-state index contributed by atoms with van der Waals surface area (Å²) in [5.74, 6) is 0. The van der Waals surface area contributed by atoms with Gasteiger partial charge in [0.05, 0.1) is 14.7 Å². The molecule has 0 aromatic heterocycles. The highest BCUT2D eigenvalue weighted by molar-refractivity contribution is 8.14. The fourth-order valence-corrected chi connectivity index (χ4v) is 5.18. The van der Waals surface area contributed by atoms with Crippen LogP contribution in [0.1, 0.15) is 0 Å². The predicted molar refractivity (Wildman–Crippen MR) is 82.0 cm³/mol. The molecule has 12 heteroatoms. The lowest BCUT2D eigenvalue weighted by Gasteiger charge is -2.05. The molecule has 2 aromatic carbocycles. The zero-order valence-corrected chi connectivity index (χ0v) is 13.3. The van der Waals surface area contributed by atoms with E-state index in [0.717, 1.165) is 0 Å². The number of non-ortho nitro benzene ring substituents is 1. The predicted octanol–water partition coefficient (Wildman–Crippen LogP) is 2.53. The minimum atomic E-state index is -3.98. The molecule has 124 valence electrons. The standard InChI is InChI=1S/C6H4N3O2.C6H4NO4S2/c7-8-5-1-3-6(4-2-5)9(10)11;8-12(9)5-3-1-2-4-6(5)13(10,11)7-12/h1-4H;1-4H/q+1;-1. The Morgan fingerprint density at radius 3 is 1.75 bits per heavy atom. The molecule has 0 spiro atoms. The molecule has 10 nitrogen and oxygen atoms in total. The summed E-state index contributed by atoms with van der Waals surface area (Å²) < 4.78 is 47.3. The maximum Gasteiger partial charge on any atom is 0.385 e. The highest BCUT2D eigenvalue weighted by atomic mass is 32.3. The SMILES string of the molecule is N#[N+]c1ccc([N+](=O)[O-])cc1.O=S1(=O)[N-]S(=O)(=O)c2ccccc21. The molecule has 2 aromatic rings. The Kier molecular flexibility index (Phi) is 4.60. The Balaban J connectivity index is 0.000000177.